The van der Waals surface area contributed by atoms with Crippen LogP contribution in [0.15, 0.2) is 28.2 Å². The Bertz CT molecular complexity index is 982. The fraction of sp³-hybridized carbons (Fsp3) is 0.500. The molecule has 9 heteroatoms. The van der Waals surface area contributed by atoms with Crippen molar-refractivity contribution < 1.29 is 19.4 Å². The first-order valence-corrected chi connectivity index (χ1v) is 10.5. The molecule has 0 unspecified atom stereocenters. The summed E-state index contributed by atoms with van der Waals surface area (Å²) in [5.74, 6) is -0.512. The summed E-state index contributed by atoms with van der Waals surface area (Å²) in [6.45, 7) is 4.94. The molecular weight excluding hydrogens is 394 g/mol. The number of benzene rings is 1. The molecule has 1 aromatic carbocycles. The second-order valence-electron chi connectivity index (χ2n) is 7.18. The maximum Gasteiger partial charge on any atom is 0.337 e. The van der Waals surface area contributed by atoms with Crippen LogP contribution in [0.3, 0.4) is 0 Å². The van der Waals surface area contributed by atoms with Gasteiger partial charge in [0.2, 0.25) is 5.91 Å². The van der Waals surface area contributed by atoms with Crippen LogP contribution < -0.4 is 5.56 Å². The van der Waals surface area contributed by atoms with Gasteiger partial charge in [0.1, 0.15) is 0 Å². The minimum Gasteiger partial charge on any atom is -0.465 e. The Hall–Kier alpha value is -2.39. The third kappa shape index (κ3) is 4.62. The number of fused-ring (bicyclic) bond motifs is 1. The number of ether oxygens (including phenoxy) is 1. The third-order valence-electron chi connectivity index (χ3n) is 4.84. The standard InChI is InChI=1S/C20H25N3O5S/c1-12(24)11-23-18(26)15-7-6-14(19(27)28-3)10-16(15)21-20(23)29-13(2)17(25)22-8-4-5-9-22/h6-7,10,12-13,24H,4-5,8-9,11H2,1-3H3/t12-,13-/m1/s1. The van der Waals surface area contributed by atoms with Crippen LogP contribution in [0.25, 0.3) is 10.9 Å². The van der Waals surface area contributed by atoms with Crippen LogP contribution in [0.1, 0.15) is 37.0 Å². The van der Waals surface area contributed by atoms with Gasteiger partial charge in [0.15, 0.2) is 5.16 Å². The summed E-state index contributed by atoms with van der Waals surface area (Å²) < 4.78 is 6.13. The molecule has 0 bridgehead atoms. The monoisotopic (exact) mass is 419 g/mol. The Kier molecular flexibility index (Phi) is 6.59. The van der Waals surface area contributed by atoms with Gasteiger partial charge >= 0.3 is 5.97 Å². The highest BCUT2D eigenvalue weighted by Crippen LogP contribution is 2.25. The highest BCUT2D eigenvalue weighted by atomic mass is 32.2. The lowest BCUT2D eigenvalue weighted by Gasteiger charge is -2.21. The summed E-state index contributed by atoms with van der Waals surface area (Å²) in [7, 11) is 1.29. The molecule has 2 aromatic rings. The third-order valence-corrected chi connectivity index (χ3v) is 5.91. The number of carbonyl (C=O) groups excluding carboxylic acids is 2. The van der Waals surface area contributed by atoms with Crippen molar-refractivity contribution in [1.29, 1.82) is 0 Å². The first kappa shape index (κ1) is 21.3. The van der Waals surface area contributed by atoms with E-state index in [-0.39, 0.29) is 23.6 Å². The minimum atomic E-state index is -0.759. The molecule has 0 spiro atoms. The molecule has 1 aliphatic rings. The molecule has 1 saturated heterocycles. The maximum atomic E-state index is 13.0. The van der Waals surface area contributed by atoms with E-state index in [4.69, 9.17) is 4.74 Å². The molecule has 0 saturated carbocycles. The molecule has 1 amide bonds. The van der Waals surface area contributed by atoms with Crippen molar-refractivity contribution in [2.24, 2.45) is 0 Å². The number of likely N-dealkylation sites (tertiary alicyclic amines) is 1. The van der Waals surface area contributed by atoms with Crippen molar-refractivity contribution in [3.8, 4) is 0 Å². The number of aromatic nitrogens is 2. The van der Waals surface area contributed by atoms with Crippen molar-refractivity contribution >= 4 is 34.5 Å². The first-order chi connectivity index (χ1) is 13.8. The van der Waals surface area contributed by atoms with Crippen LogP contribution in [-0.2, 0) is 16.1 Å². The van der Waals surface area contributed by atoms with E-state index in [9.17, 15) is 19.5 Å². The number of rotatable bonds is 6. The molecule has 2 atom stereocenters. The molecule has 1 fully saturated rings. The molecule has 156 valence electrons. The number of methoxy groups -OCH3 is 1. The largest absolute Gasteiger partial charge is 0.465 e. The number of aliphatic hydroxyl groups is 1. The number of amides is 1. The van der Waals surface area contributed by atoms with Crippen molar-refractivity contribution in [3.05, 3.63) is 34.1 Å². The summed E-state index contributed by atoms with van der Waals surface area (Å²) in [6.07, 6.45) is 1.24. The molecule has 2 heterocycles. The van der Waals surface area contributed by atoms with Gasteiger partial charge in [-0.1, -0.05) is 11.8 Å². The van der Waals surface area contributed by atoms with E-state index in [0.717, 1.165) is 25.9 Å². The molecule has 0 radical (unpaired) electrons. The minimum absolute atomic E-state index is 0.00811. The Labute approximate surface area is 172 Å². The van der Waals surface area contributed by atoms with Gasteiger partial charge in [-0.3, -0.25) is 14.2 Å². The second kappa shape index (κ2) is 8.96. The van der Waals surface area contributed by atoms with Crippen molar-refractivity contribution in [3.63, 3.8) is 0 Å². The highest BCUT2D eigenvalue weighted by molar-refractivity contribution is 8.00. The molecule has 3 rings (SSSR count). The Morgan fingerprint density at radius 2 is 1.97 bits per heavy atom. The van der Waals surface area contributed by atoms with Gasteiger partial charge in [0.25, 0.3) is 5.56 Å². The number of hydrogen-bond acceptors (Lipinski definition) is 7. The lowest BCUT2D eigenvalue weighted by molar-refractivity contribution is -0.129. The summed E-state index contributed by atoms with van der Waals surface area (Å²) in [4.78, 5) is 43.9. The van der Waals surface area contributed by atoms with Crippen LogP contribution in [0.2, 0.25) is 0 Å². The fourth-order valence-electron chi connectivity index (χ4n) is 3.36. The molecule has 0 aliphatic carbocycles. The average molecular weight is 420 g/mol. The molecule has 1 aliphatic heterocycles. The number of carbonyl (C=O) groups is 2. The predicted octanol–water partition coefficient (Wildman–Crippen LogP) is 1.67. The molecule has 1 N–H and O–H groups in total. The van der Waals surface area contributed by atoms with Crippen LogP contribution >= 0.6 is 11.8 Å². The zero-order chi connectivity index (χ0) is 21.1. The fourth-order valence-corrected chi connectivity index (χ4v) is 4.37. The Morgan fingerprint density at radius 1 is 1.28 bits per heavy atom. The number of aliphatic hydroxyl groups excluding tert-OH is 1. The smallest absolute Gasteiger partial charge is 0.337 e. The van der Waals surface area contributed by atoms with Crippen LogP contribution in [-0.4, -0.2) is 63.0 Å². The van der Waals surface area contributed by atoms with Crippen molar-refractivity contribution in [1.82, 2.24) is 14.5 Å². The number of hydrogen-bond donors (Lipinski definition) is 1. The van der Waals surface area contributed by atoms with Gasteiger partial charge in [-0.05, 0) is 44.9 Å². The molecule has 8 nitrogen and oxygen atoms in total. The van der Waals surface area contributed by atoms with E-state index >= 15 is 0 Å². The summed E-state index contributed by atoms with van der Waals surface area (Å²) in [5.41, 5.74) is 0.316. The first-order valence-electron chi connectivity index (χ1n) is 9.58. The van der Waals surface area contributed by atoms with E-state index < -0.39 is 17.3 Å². The van der Waals surface area contributed by atoms with Crippen molar-refractivity contribution in [2.45, 2.75) is 49.7 Å². The van der Waals surface area contributed by atoms with Crippen LogP contribution in [0, 0.1) is 0 Å². The Morgan fingerprint density at radius 3 is 2.59 bits per heavy atom. The van der Waals surface area contributed by atoms with E-state index in [2.05, 4.69) is 4.98 Å². The van der Waals surface area contributed by atoms with Gasteiger partial charge < -0.3 is 14.7 Å². The molecular formula is C20H25N3O5S. The number of thioether (sulfide) groups is 1. The van der Waals surface area contributed by atoms with Gasteiger partial charge in [0.05, 0.1) is 41.5 Å². The topological polar surface area (TPSA) is 102 Å². The van der Waals surface area contributed by atoms with Gasteiger partial charge in [-0.15, -0.1) is 0 Å². The Balaban J connectivity index is 2.03. The summed E-state index contributed by atoms with van der Waals surface area (Å²) >= 11 is 1.19. The summed E-state index contributed by atoms with van der Waals surface area (Å²) in [6, 6.07) is 4.55. The average Bonchev–Trinajstić information content (AvgIpc) is 3.23. The van der Waals surface area contributed by atoms with E-state index in [1.54, 1.807) is 13.8 Å². The zero-order valence-corrected chi connectivity index (χ0v) is 17.6. The highest BCUT2D eigenvalue weighted by Gasteiger charge is 2.26. The molecule has 29 heavy (non-hydrogen) atoms. The maximum absolute atomic E-state index is 13.0. The van der Waals surface area contributed by atoms with Crippen molar-refractivity contribution in [2.75, 3.05) is 20.2 Å². The molecule has 1 aromatic heterocycles. The van der Waals surface area contributed by atoms with Crippen LogP contribution in [0.5, 0.6) is 0 Å². The van der Waals surface area contributed by atoms with E-state index in [0.29, 0.717) is 16.1 Å². The summed E-state index contributed by atoms with van der Waals surface area (Å²) in [5, 5.41) is 10.1. The lowest BCUT2D eigenvalue weighted by atomic mass is 10.1. The quantitative estimate of drug-likeness (QED) is 0.432. The van der Waals surface area contributed by atoms with E-state index in [1.807, 2.05) is 4.90 Å². The van der Waals surface area contributed by atoms with Gasteiger partial charge in [-0.25, -0.2) is 9.78 Å². The lowest BCUT2D eigenvalue weighted by Crippen LogP contribution is -2.35. The zero-order valence-electron chi connectivity index (χ0n) is 16.8. The van der Waals surface area contributed by atoms with Gasteiger partial charge in [-0.2, -0.15) is 0 Å². The number of nitrogens with zero attached hydrogens (tertiary/aromatic N) is 3. The predicted molar refractivity (Wildman–Crippen MR) is 110 cm³/mol. The van der Waals surface area contributed by atoms with Gasteiger partial charge in [0, 0.05) is 13.1 Å². The second-order valence-corrected chi connectivity index (χ2v) is 8.48. The number of esters is 1. The van der Waals surface area contributed by atoms with E-state index in [1.165, 1.54) is 41.6 Å². The normalized spacial score (nSPS) is 16.1. The SMILES string of the molecule is COC(=O)c1ccc2c(=O)n(C[C@@H](C)O)c(S[C@H](C)C(=O)N3CCCC3)nc2c1. The van der Waals surface area contributed by atoms with Crippen LogP contribution in [0.4, 0.5) is 0 Å².